The van der Waals surface area contributed by atoms with Gasteiger partial charge in [0, 0.05) is 42.7 Å². The molecule has 0 unspecified atom stereocenters. The van der Waals surface area contributed by atoms with Gasteiger partial charge in [-0.05, 0) is 68.1 Å². The highest BCUT2D eigenvalue weighted by molar-refractivity contribution is 5.94. The van der Waals surface area contributed by atoms with Crippen LogP contribution in [0.4, 0.5) is 5.69 Å². The van der Waals surface area contributed by atoms with Crippen LogP contribution in [-0.4, -0.2) is 24.4 Å². The third-order valence-corrected chi connectivity index (χ3v) is 4.80. The van der Waals surface area contributed by atoms with Gasteiger partial charge in [-0.15, -0.1) is 0 Å². The molecule has 28 heavy (non-hydrogen) atoms. The first kappa shape index (κ1) is 19.7. The number of nitrogens with zero attached hydrogens (tertiary/aromatic N) is 1. The average molecular weight is 374 g/mol. The third-order valence-electron chi connectivity index (χ3n) is 4.80. The zero-order chi connectivity index (χ0) is 19.9. The molecule has 1 fully saturated rings. The van der Waals surface area contributed by atoms with Crippen molar-refractivity contribution >= 4 is 17.5 Å². The van der Waals surface area contributed by atoms with Crippen LogP contribution in [0.2, 0.25) is 0 Å². The van der Waals surface area contributed by atoms with E-state index in [1.807, 2.05) is 60.4 Å². The van der Waals surface area contributed by atoms with Gasteiger partial charge in [0.1, 0.15) is 0 Å². The lowest BCUT2D eigenvalue weighted by Gasteiger charge is -2.26. The SMILES string of the molecule is CC(=O)N[C@@H](C)Cc1ccc(C#Cc2ccc(N3CCCCC3=O)cc2)cc1. The number of benzene rings is 2. The smallest absolute Gasteiger partial charge is 0.226 e. The Morgan fingerprint density at radius 1 is 1.04 bits per heavy atom. The van der Waals surface area contributed by atoms with Gasteiger partial charge in [-0.2, -0.15) is 0 Å². The van der Waals surface area contributed by atoms with Crippen molar-refractivity contribution in [1.29, 1.82) is 0 Å². The van der Waals surface area contributed by atoms with E-state index in [1.54, 1.807) is 0 Å². The summed E-state index contributed by atoms with van der Waals surface area (Å²) in [6.07, 6.45) is 3.49. The van der Waals surface area contributed by atoms with Crippen molar-refractivity contribution in [3.63, 3.8) is 0 Å². The molecule has 1 aliphatic heterocycles. The Balaban J connectivity index is 1.61. The third kappa shape index (κ3) is 5.47. The van der Waals surface area contributed by atoms with E-state index in [4.69, 9.17) is 0 Å². The Kier molecular flexibility index (Phi) is 6.49. The van der Waals surface area contributed by atoms with Crippen LogP contribution in [-0.2, 0) is 16.0 Å². The van der Waals surface area contributed by atoms with Crippen LogP contribution >= 0.6 is 0 Å². The molecule has 2 aromatic rings. The molecule has 4 nitrogen and oxygen atoms in total. The number of carbonyl (C=O) groups is 2. The molecule has 0 aromatic heterocycles. The molecule has 1 N–H and O–H groups in total. The van der Waals surface area contributed by atoms with Gasteiger partial charge in [0.25, 0.3) is 0 Å². The maximum atomic E-state index is 12.0. The zero-order valence-corrected chi connectivity index (χ0v) is 16.5. The van der Waals surface area contributed by atoms with E-state index < -0.39 is 0 Å². The lowest BCUT2D eigenvalue weighted by molar-refractivity contribution is -0.120. The fourth-order valence-corrected chi connectivity index (χ4v) is 3.42. The van der Waals surface area contributed by atoms with Gasteiger partial charge >= 0.3 is 0 Å². The van der Waals surface area contributed by atoms with E-state index in [9.17, 15) is 9.59 Å². The first-order valence-electron chi connectivity index (χ1n) is 9.80. The van der Waals surface area contributed by atoms with Crippen molar-refractivity contribution in [2.75, 3.05) is 11.4 Å². The largest absolute Gasteiger partial charge is 0.354 e. The molecule has 0 aliphatic carbocycles. The summed E-state index contributed by atoms with van der Waals surface area (Å²) < 4.78 is 0. The number of hydrogen-bond donors (Lipinski definition) is 1. The second-order valence-corrected chi connectivity index (χ2v) is 7.30. The molecule has 4 heteroatoms. The highest BCUT2D eigenvalue weighted by atomic mass is 16.2. The molecule has 1 atom stereocenters. The Bertz CT molecular complexity index is 889. The number of amides is 2. The molecule has 2 aromatic carbocycles. The number of carbonyl (C=O) groups excluding carboxylic acids is 2. The van der Waals surface area contributed by atoms with Crippen LogP contribution in [0.25, 0.3) is 0 Å². The maximum Gasteiger partial charge on any atom is 0.226 e. The van der Waals surface area contributed by atoms with Gasteiger partial charge in [0.15, 0.2) is 0 Å². The van der Waals surface area contributed by atoms with E-state index >= 15 is 0 Å². The quantitative estimate of drug-likeness (QED) is 0.830. The van der Waals surface area contributed by atoms with Crippen LogP contribution < -0.4 is 10.2 Å². The van der Waals surface area contributed by atoms with Gasteiger partial charge in [-0.1, -0.05) is 24.0 Å². The normalized spacial score (nSPS) is 14.8. The number of nitrogens with one attached hydrogen (secondary N) is 1. The maximum absolute atomic E-state index is 12.0. The van der Waals surface area contributed by atoms with Crippen molar-refractivity contribution in [2.45, 2.75) is 45.6 Å². The first-order valence-corrected chi connectivity index (χ1v) is 9.80. The van der Waals surface area contributed by atoms with Gasteiger partial charge in [0.2, 0.25) is 11.8 Å². The molecular weight excluding hydrogens is 348 g/mol. The monoisotopic (exact) mass is 374 g/mol. The molecule has 2 amide bonds. The molecule has 1 saturated heterocycles. The highest BCUT2D eigenvalue weighted by Crippen LogP contribution is 2.21. The summed E-state index contributed by atoms with van der Waals surface area (Å²) in [6, 6.07) is 16.1. The Hall–Kier alpha value is -3.06. The minimum atomic E-state index is -0.00865. The van der Waals surface area contributed by atoms with Crippen LogP contribution in [0.5, 0.6) is 0 Å². The lowest BCUT2D eigenvalue weighted by Crippen LogP contribution is -2.35. The molecule has 0 radical (unpaired) electrons. The summed E-state index contributed by atoms with van der Waals surface area (Å²) in [5.41, 5.74) is 4.00. The molecule has 1 heterocycles. The Labute approximate surface area is 166 Å². The van der Waals surface area contributed by atoms with Crippen LogP contribution in [0.15, 0.2) is 48.5 Å². The lowest BCUT2D eigenvalue weighted by atomic mass is 10.0. The fraction of sp³-hybridized carbons (Fsp3) is 0.333. The standard InChI is InChI=1S/C24H26N2O2/c1-18(25-19(2)27)17-22-10-8-20(9-11-22)6-7-21-12-14-23(15-13-21)26-16-4-3-5-24(26)28/h8-15,18H,3-5,16-17H2,1-2H3,(H,25,27)/t18-/m0/s1. The molecule has 144 valence electrons. The molecular formula is C24H26N2O2. The van der Waals surface area contributed by atoms with Crippen molar-refractivity contribution in [3.8, 4) is 11.8 Å². The summed E-state index contributed by atoms with van der Waals surface area (Å²) in [5, 5.41) is 2.89. The number of anilines is 1. The van der Waals surface area contributed by atoms with E-state index in [1.165, 1.54) is 12.5 Å². The molecule has 0 spiro atoms. The minimum absolute atomic E-state index is 0.00865. The van der Waals surface area contributed by atoms with Crippen LogP contribution in [0.3, 0.4) is 0 Å². The second-order valence-electron chi connectivity index (χ2n) is 7.30. The summed E-state index contributed by atoms with van der Waals surface area (Å²) in [6.45, 7) is 4.33. The van der Waals surface area contributed by atoms with Crippen LogP contribution in [0, 0.1) is 11.8 Å². The fourth-order valence-electron chi connectivity index (χ4n) is 3.42. The van der Waals surface area contributed by atoms with Crippen LogP contribution in [0.1, 0.15) is 49.8 Å². The Morgan fingerprint density at radius 3 is 2.21 bits per heavy atom. The summed E-state index contributed by atoms with van der Waals surface area (Å²) >= 11 is 0. The van der Waals surface area contributed by atoms with Crippen molar-refractivity contribution in [3.05, 3.63) is 65.2 Å². The number of piperidine rings is 1. The topological polar surface area (TPSA) is 49.4 Å². The Morgan fingerprint density at radius 2 is 1.64 bits per heavy atom. The first-order chi connectivity index (χ1) is 13.5. The van der Waals surface area contributed by atoms with Gasteiger partial charge in [-0.3, -0.25) is 9.59 Å². The molecule has 0 saturated carbocycles. The predicted octanol–water partition coefficient (Wildman–Crippen LogP) is 3.67. The second kappa shape index (κ2) is 9.23. The van der Waals surface area contributed by atoms with Crippen molar-refractivity contribution in [1.82, 2.24) is 5.32 Å². The van der Waals surface area contributed by atoms with E-state index in [0.29, 0.717) is 6.42 Å². The van der Waals surface area contributed by atoms with Crippen molar-refractivity contribution < 1.29 is 9.59 Å². The molecule has 1 aliphatic rings. The zero-order valence-electron chi connectivity index (χ0n) is 16.5. The van der Waals surface area contributed by atoms with Crippen molar-refractivity contribution in [2.24, 2.45) is 0 Å². The van der Waals surface area contributed by atoms with E-state index in [-0.39, 0.29) is 17.9 Å². The number of rotatable bonds is 4. The minimum Gasteiger partial charge on any atom is -0.354 e. The molecule has 0 bridgehead atoms. The summed E-state index contributed by atoms with van der Waals surface area (Å²) in [7, 11) is 0. The average Bonchev–Trinajstić information content (AvgIpc) is 2.68. The van der Waals surface area contributed by atoms with Gasteiger partial charge in [0.05, 0.1) is 0 Å². The van der Waals surface area contributed by atoms with Gasteiger partial charge < -0.3 is 10.2 Å². The van der Waals surface area contributed by atoms with E-state index in [0.717, 1.165) is 42.6 Å². The summed E-state index contributed by atoms with van der Waals surface area (Å²) in [4.78, 5) is 25.0. The molecule has 3 rings (SSSR count). The van der Waals surface area contributed by atoms with E-state index in [2.05, 4.69) is 17.2 Å². The summed E-state index contributed by atoms with van der Waals surface area (Å²) in [5.74, 6) is 6.56. The predicted molar refractivity (Wildman–Crippen MR) is 112 cm³/mol. The van der Waals surface area contributed by atoms with Gasteiger partial charge in [-0.25, -0.2) is 0 Å². The highest BCUT2D eigenvalue weighted by Gasteiger charge is 2.19. The number of hydrogen-bond acceptors (Lipinski definition) is 2.